The van der Waals surface area contributed by atoms with E-state index in [2.05, 4.69) is 9.97 Å². The average Bonchev–Trinajstić information content (AvgIpc) is 2.84. The minimum Gasteiger partial charge on any atom is -0.323 e. The first-order valence-electron chi connectivity index (χ1n) is 6.33. The Morgan fingerprint density at radius 1 is 1.24 bits per heavy atom. The minimum atomic E-state index is -0.940. The Kier molecular flexibility index (Phi) is 3.32. The molecule has 104 valence electrons. The summed E-state index contributed by atoms with van der Waals surface area (Å²) in [5.41, 5.74) is 1.54. The molecule has 0 amide bonds. The molecule has 0 aliphatic heterocycles. The van der Waals surface area contributed by atoms with Gasteiger partial charge < -0.3 is 4.57 Å². The molecule has 2 heterocycles. The van der Waals surface area contributed by atoms with Crippen LogP contribution in [-0.4, -0.2) is 14.5 Å². The van der Waals surface area contributed by atoms with Crippen molar-refractivity contribution in [2.75, 3.05) is 0 Å². The van der Waals surface area contributed by atoms with Gasteiger partial charge in [0.2, 0.25) is 0 Å². The number of hydrogen-bond donors (Lipinski definition) is 0. The molecule has 2 aromatic heterocycles. The van der Waals surface area contributed by atoms with Gasteiger partial charge in [-0.15, -0.1) is 0 Å². The minimum absolute atomic E-state index is 0.248. The summed E-state index contributed by atoms with van der Waals surface area (Å²) in [6.45, 7) is 0.350. The van der Waals surface area contributed by atoms with E-state index in [0.717, 1.165) is 17.7 Å². The van der Waals surface area contributed by atoms with Crippen LogP contribution in [0, 0.1) is 23.0 Å². The first-order valence-corrected chi connectivity index (χ1v) is 6.33. The predicted octanol–water partition coefficient (Wildman–Crippen LogP) is 3.29. The number of rotatable bonds is 3. The Labute approximate surface area is 119 Å². The highest BCUT2D eigenvalue weighted by atomic mass is 19.2. The Morgan fingerprint density at radius 2 is 2.05 bits per heavy atom. The maximum Gasteiger partial charge on any atom is 0.161 e. The average molecular weight is 284 g/mol. The zero-order valence-electron chi connectivity index (χ0n) is 10.9. The third kappa shape index (κ3) is 2.34. The second-order valence-corrected chi connectivity index (χ2v) is 4.49. The number of nitriles is 1. The SMILES string of the molecule is N#CCCn1c(-c2cccnc2)nc2cc(F)c(F)cc21. The molecule has 0 N–H and O–H groups in total. The lowest BCUT2D eigenvalue weighted by Crippen LogP contribution is -2.00. The number of imidazole rings is 1. The molecule has 0 radical (unpaired) electrons. The summed E-state index contributed by atoms with van der Waals surface area (Å²) in [6.07, 6.45) is 3.50. The van der Waals surface area contributed by atoms with E-state index >= 15 is 0 Å². The van der Waals surface area contributed by atoms with E-state index in [-0.39, 0.29) is 6.42 Å². The van der Waals surface area contributed by atoms with Crippen molar-refractivity contribution in [3.8, 4) is 17.5 Å². The number of aromatic nitrogens is 3. The summed E-state index contributed by atoms with van der Waals surface area (Å²) in [7, 11) is 0. The van der Waals surface area contributed by atoms with Gasteiger partial charge >= 0.3 is 0 Å². The highest BCUT2D eigenvalue weighted by Crippen LogP contribution is 2.26. The van der Waals surface area contributed by atoms with E-state index in [4.69, 9.17) is 5.26 Å². The monoisotopic (exact) mass is 284 g/mol. The molecule has 6 heteroatoms. The van der Waals surface area contributed by atoms with Crippen molar-refractivity contribution in [3.05, 3.63) is 48.3 Å². The summed E-state index contributed by atoms with van der Waals surface area (Å²) in [6, 6.07) is 7.78. The fourth-order valence-electron chi connectivity index (χ4n) is 2.22. The van der Waals surface area contributed by atoms with Gasteiger partial charge in [-0.1, -0.05) is 0 Å². The zero-order valence-corrected chi connectivity index (χ0v) is 10.9. The summed E-state index contributed by atoms with van der Waals surface area (Å²) in [5.74, 6) is -1.33. The van der Waals surface area contributed by atoms with Gasteiger partial charge in [0, 0.05) is 36.6 Å². The Bertz CT molecular complexity index is 834. The van der Waals surface area contributed by atoms with Crippen molar-refractivity contribution >= 4 is 11.0 Å². The Balaban J connectivity index is 2.25. The first-order chi connectivity index (χ1) is 10.2. The third-order valence-corrected chi connectivity index (χ3v) is 3.16. The van der Waals surface area contributed by atoms with E-state index in [0.29, 0.717) is 23.4 Å². The number of aryl methyl sites for hydroxylation is 1. The molecule has 0 spiro atoms. The lowest BCUT2D eigenvalue weighted by Gasteiger charge is -2.06. The van der Waals surface area contributed by atoms with Crippen LogP contribution in [0.4, 0.5) is 8.78 Å². The van der Waals surface area contributed by atoms with Gasteiger partial charge in [-0.3, -0.25) is 4.98 Å². The number of nitrogens with zero attached hydrogens (tertiary/aromatic N) is 4. The molecular formula is C15H10F2N4. The fourth-order valence-corrected chi connectivity index (χ4v) is 2.22. The summed E-state index contributed by atoms with van der Waals surface area (Å²) < 4.78 is 28.5. The fraction of sp³-hybridized carbons (Fsp3) is 0.133. The lowest BCUT2D eigenvalue weighted by molar-refractivity contribution is 0.510. The number of pyridine rings is 1. The highest BCUT2D eigenvalue weighted by Gasteiger charge is 2.15. The largest absolute Gasteiger partial charge is 0.323 e. The zero-order chi connectivity index (χ0) is 14.8. The van der Waals surface area contributed by atoms with Gasteiger partial charge in [-0.05, 0) is 12.1 Å². The lowest BCUT2D eigenvalue weighted by atomic mass is 10.2. The van der Waals surface area contributed by atoms with Crippen molar-refractivity contribution in [2.24, 2.45) is 0 Å². The second-order valence-electron chi connectivity index (χ2n) is 4.49. The topological polar surface area (TPSA) is 54.5 Å². The normalized spacial score (nSPS) is 10.7. The summed E-state index contributed by atoms with van der Waals surface area (Å²) >= 11 is 0. The van der Waals surface area contributed by atoms with E-state index in [1.165, 1.54) is 0 Å². The quantitative estimate of drug-likeness (QED) is 0.741. The molecule has 0 atom stereocenters. The van der Waals surface area contributed by atoms with Gasteiger partial charge in [0.25, 0.3) is 0 Å². The van der Waals surface area contributed by atoms with Crippen molar-refractivity contribution in [1.82, 2.24) is 14.5 Å². The van der Waals surface area contributed by atoms with Crippen LogP contribution in [-0.2, 0) is 6.54 Å². The molecule has 0 saturated heterocycles. The third-order valence-electron chi connectivity index (χ3n) is 3.16. The van der Waals surface area contributed by atoms with Gasteiger partial charge in [0.15, 0.2) is 11.6 Å². The standard InChI is InChI=1S/C15H10F2N4/c16-11-7-13-14(8-12(11)17)21(6-2-4-18)15(20-13)10-3-1-5-19-9-10/h1,3,5,7-9H,2,6H2. The van der Waals surface area contributed by atoms with Crippen LogP contribution in [0.3, 0.4) is 0 Å². The molecule has 1 aromatic carbocycles. The van der Waals surface area contributed by atoms with Crippen LogP contribution in [0.1, 0.15) is 6.42 Å². The maximum absolute atomic E-state index is 13.5. The van der Waals surface area contributed by atoms with Gasteiger partial charge in [-0.25, -0.2) is 13.8 Å². The smallest absolute Gasteiger partial charge is 0.161 e. The Morgan fingerprint density at radius 3 is 2.76 bits per heavy atom. The van der Waals surface area contributed by atoms with Gasteiger partial charge in [0.05, 0.1) is 23.5 Å². The van der Waals surface area contributed by atoms with Crippen molar-refractivity contribution < 1.29 is 8.78 Å². The second kappa shape index (κ2) is 5.29. The Hall–Kier alpha value is -2.81. The first kappa shape index (κ1) is 13.2. The molecular weight excluding hydrogens is 274 g/mol. The van der Waals surface area contributed by atoms with E-state index < -0.39 is 11.6 Å². The number of benzene rings is 1. The van der Waals surface area contributed by atoms with Crippen molar-refractivity contribution in [2.45, 2.75) is 13.0 Å². The van der Waals surface area contributed by atoms with Gasteiger partial charge in [-0.2, -0.15) is 5.26 Å². The number of hydrogen-bond acceptors (Lipinski definition) is 3. The van der Waals surface area contributed by atoms with Crippen LogP contribution >= 0.6 is 0 Å². The molecule has 0 saturated carbocycles. The number of fused-ring (bicyclic) bond motifs is 1. The molecule has 0 fully saturated rings. The van der Waals surface area contributed by atoms with E-state index in [9.17, 15) is 8.78 Å². The molecule has 0 unspecified atom stereocenters. The molecule has 21 heavy (non-hydrogen) atoms. The van der Waals surface area contributed by atoms with Crippen LogP contribution in [0.5, 0.6) is 0 Å². The molecule has 4 nitrogen and oxygen atoms in total. The van der Waals surface area contributed by atoms with Crippen LogP contribution in [0.15, 0.2) is 36.7 Å². The van der Waals surface area contributed by atoms with E-state index in [1.807, 2.05) is 12.1 Å². The summed E-state index contributed by atoms with van der Waals surface area (Å²) in [5, 5.41) is 8.77. The van der Waals surface area contributed by atoms with Crippen molar-refractivity contribution in [1.29, 1.82) is 5.26 Å². The van der Waals surface area contributed by atoms with Gasteiger partial charge in [0.1, 0.15) is 5.82 Å². The van der Waals surface area contributed by atoms with Crippen LogP contribution < -0.4 is 0 Å². The number of halogens is 2. The molecule has 3 rings (SSSR count). The van der Waals surface area contributed by atoms with Crippen LogP contribution in [0.2, 0.25) is 0 Å². The predicted molar refractivity (Wildman–Crippen MR) is 73.1 cm³/mol. The van der Waals surface area contributed by atoms with Crippen LogP contribution in [0.25, 0.3) is 22.4 Å². The highest BCUT2D eigenvalue weighted by molar-refractivity contribution is 5.80. The molecule has 0 bridgehead atoms. The van der Waals surface area contributed by atoms with Crippen molar-refractivity contribution in [3.63, 3.8) is 0 Å². The maximum atomic E-state index is 13.5. The molecule has 0 aliphatic carbocycles. The molecule has 0 aliphatic rings. The molecule has 3 aromatic rings. The van der Waals surface area contributed by atoms with E-state index in [1.54, 1.807) is 23.0 Å². The summed E-state index contributed by atoms with van der Waals surface area (Å²) in [4.78, 5) is 8.37.